The van der Waals surface area contributed by atoms with Crippen molar-refractivity contribution in [1.82, 2.24) is 0 Å². The maximum atomic E-state index is 11.1. The molecule has 1 fully saturated rings. The van der Waals surface area contributed by atoms with Gasteiger partial charge in [0.1, 0.15) is 11.6 Å². The highest BCUT2D eigenvalue weighted by atomic mass is 32.2. The normalized spacial score (nSPS) is 20.3. The van der Waals surface area contributed by atoms with Gasteiger partial charge in [-0.2, -0.15) is 17.0 Å². The molecule has 1 aliphatic rings. The first-order valence-corrected chi connectivity index (χ1v) is 5.23. The fraction of sp³-hybridized carbons (Fsp3) is 0.556. The highest BCUT2D eigenvalue weighted by Crippen LogP contribution is 2.24. The van der Waals surface area contributed by atoms with Gasteiger partial charge in [-0.05, 0) is 24.2 Å². The smallest absolute Gasteiger partial charge is 0.348 e. The number of methoxy groups -OCH3 is 1. The van der Waals surface area contributed by atoms with Crippen LogP contribution < -0.4 is 0 Å². The first kappa shape index (κ1) is 10.1. The number of nitrogens with zero attached hydrogens (tertiary/aromatic N) is 1. The second-order valence-corrected chi connectivity index (χ2v) is 3.84. The average molecular weight is 197 g/mol. The lowest BCUT2D eigenvalue weighted by atomic mass is 10.1. The van der Waals surface area contributed by atoms with E-state index in [-0.39, 0.29) is 5.57 Å². The van der Waals surface area contributed by atoms with E-state index in [1.54, 1.807) is 11.8 Å². The van der Waals surface area contributed by atoms with Crippen molar-refractivity contribution in [3.05, 3.63) is 11.1 Å². The topological polar surface area (TPSA) is 50.1 Å². The Kier molecular flexibility index (Phi) is 3.84. The van der Waals surface area contributed by atoms with E-state index >= 15 is 0 Å². The minimum atomic E-state index is -0.500. The summed E-state index contributed by atoms with van der Waals surface area (Å²) in [6.07, 6.45) is 1.90. The molecule has 0 aromatic carbocycles. The Morgan fingerprint density at radius 1 is 1.69 bits per heavy atom. The van der Waals surface area contributed by atoms with Gasteiger partial charge in [-0.3, -0.25) is 0 Å². The molecule has 0 spiro atoms. The first-order valence-electron chi connectivity index (χ1n) is 4.07. The number of ether oxygens (including phenoxy) is 1. The van der Waals surface area contributed by atoms with Crippen molar-refractivity contribution in [3.8, 4) is 6.07 Å². The van der Waals surface area contributed by atoms with Crippen molar-refractivity contribution < 1.29 is 9.53 Å². The molecule has 0 amide bonds. The van der Waals surface area contributed by atoms with E-state index in [1.807, 2.05) is 6.07 Å². The Morgan fingerprint density at radius 2 is 2.46 bits per heavy atom. The lowest BCUT2D eigenvalue weighted by Gasteiger charge is -2.14. The molecular formula is C9H11NO2S. The Bertz CT molecular complexity index is 270. The summed E-state index contributed by atoms with van der Waals surface area (Å²) in [6.45, 7) is 0. The number of rotatable bonds is 1. The number of carbonyl (C=O) groups excluding carboxylic acids is 1. The molecule has 0 unspecified atom stereocenters. The molecule has 0 saturated carbocycles. The molecule has 0 aliphatic carbocycles. The zero-order chi connectivity index (χ0) is 9.68. The summed E-state index contributed by atoms with van der Waals surface area (Å²) < 4.78 is 4.53. The minimum absolute atomic E-state index is 0.203. The van der Waals surface area contributed by atoms with Crippen molar-refractivity contribution in [2.75, 3.05) is 18.6 Å². The van der Waals surface area contributed by atoms with E-state index < -0.39 is 5.97 Å². The Labute approximate surface area is 81.8 Å². The predicted octanol–water partition coefficient (Wildman–Crippen LogP) is 1.51. The van der Waals surface area contributed by atoms with Crippen LogP contribution in [0.1, 0.15) is 12.8 Å². The summed E-state index contributed by atoms with van der Waals surface area (Å²) in [7, 11) is 1.30. The second-order valence-electron chi connectivity index (χ2n) is 2.74. The van der Waals surface area contributed by atoms with Gasteiger partial charge < -0.3 is 4.74 Å². The largest absolute Gasteiger partial charge is 0.465 e. The van der Waals surface area contributed by atoms with Gasteiger partial charge in [-0.1, -0.05) is 0 Å². The molecule has 1 aliphatic heterocycles. The van der Waals surface area contributed by atoms with Crippen LogP contribution in [0.25, 0.3) is 0 Å². The van der Waals surface area contributed by atoms with Crippen molar-refractivity contribution in [2.45, 2.75) is 12.8 Å². The van der Waals surface area contributed by atoms with Crippen molar-refractivity contribution >= 4 is 17.7 Å². The molecule has 0 radical (unpaired) electrons. The second kappa shape index (κ2) is 4.93. The minimum Gasteiger partial charge on any atom is -0.465 e. The van der Waals surface area contributed by atoms with Crippen LogP contribution in [0.2, 0.25) is 0 Å². The lowest BCUT2D eigenvalue weighted by molar-refractivity contribution is -0.135. The van der Waals surface area contributed by atoms with Crippen LogP contribution in [-0.2, 0) is 9.53 Å². The zero-order valence-electron chi connectivity index (χ0n) is 7.50. The molecule has 0 bridgehead atoms. The van der Waals surface area contributed by atoms with Crippen LogP contribution in [0.3, 0.4) is 0 Å². The molecule has 70 valence electrons. The molecule has 0 N–H and O–H groups in total. The molecular weight excluding hydrogens is 186 g/mol. The fourth-order valence-corrected chi connectivity index (χ4v) is 2.25. The van der Waals surface area contributed by atoms with Gasteiger partial charge in [-0.25, -0.2) is 4.79 Å². The summed E-state index contributed by atoms with van der Waals surface area (Å²) in [5, 5.41) is 8.76. The van der Waals surface area contributed by atoms with Crippen molar-refractivity contribution in [1.29, 1.82) is 5.26 Å². The number of nitriles is 1. The summed E-state index contributed by atoms with van der Waals surface area (Å²) in [4.78, 5) is 11.1. The van der Waals surface area contributed by atoms with E-state index in [0.29, 0.717) is 0 Å². The molecule has 3 nitrogen and oxygen atoms in total. The maximum Gasteiger partial charge on any atom is 0.348 e. The van der Waals surface area contributed by atoms with Crippen LogP contribution in [-0.4, -0.2) is 24.6 Å². The first-order chi connectivity index (χ1) is 6.29. The van der Waals surface area contributed by atoms with E-state index in [4.69, 9.17) is 5.26 Å². The fourth-order valence-electron chi connectivity index (χ4n) is 1.22. The molecule has 1 heterocycles. The monoisotopic (exact) mass is 197 g/mol. The third kappa shape index (κ3) is 2.49. The number of thioether (sulfide) groups is 1. The highest BCUT2D eigenvalue weighted by molar-refractivity contribution is 7.99. The van der Waals surface area contributed by atoms with Gasteiger partial charge in [0.25, 0.3) is 0 Å². The summed E-state index contributed by atoms with van der Waals surface area (Å²) >= 11 is 1.76. The molecule has 0 aromatic heterocycles. The van der Waals surface area contributed by atoms with Crippen LogP contribution in [0.4, 0.5) is 0 Å². The standard InChI is InChI=1S/C9H11NO2S/c1-12-9(11)8(5-10)7-3-2-4-13-6-7/h2-4,6H2,1H3/b8-7+. The molecule has 0 aromatic rings. The Hall–Kier alpha value is -0.950. The van der Waals surface area contributed by atoms with E-state index in [2.05, 4.69) is 4.74 Å². The Morgan fingerprint density at radius 3 is 2.92 bits per heavy atom. The van der Waals surface area contributed by atoms with Gasteiger partial charge in [-0.15, -0.1) is 0 Å². The van der Waals surface area contributed by atoms with Crippen LogP contribution in [0.15, 0.2) is 11.1 Å². The van der Waals surface area contributed by atoms with Crippen molar-refractivity contribution in [2.24, 2.45) is 0 Å². The van der Waals surface area contributed by atoms with Crippen molar-refractivity contribution in [3.63, 3.8) is 0 Å². The average Bonchev–Trinajstić information content (AvgIpc) is 2.20. The summed E-state index contributed by atoms with van der Waals surface area (Å²) in [5.74, 6) is 1.40. The predicted molar refractivity (Wildman–Crippen MR) is 51.2 cm³/mol. The quantitative estimate of drug-likeness (QED) is 0.363. The van der Waals surface area contributed by atoms with Crippen LogP contribution in [0, 0.1) is 11.3 Å². The number of carbonyl (C=O) groups is 1. The summed E-state index contributed by atoms with van der Waals surface area (Å²) in [6, 6.07) is 1.91. The van der Waals surface area contributed by atoms with Gasteiger partial charge >= 0.3 is 5.97 Å². The number of hydrogen-bond donors (Lipinski definition) is 0. The van der Waals surface area contributed by atoms with Gasteiger partial charge in [0.05, 0.1) is 7.11 Å². The van der Waals surface area contributed by atoms with Gasteiger partial charge in [0, 0.05) is 5.75 Å². The summed E-state index contributed by atoms with van der Waals surface area (Å²) in [5.41, 5.74) is 1.14. The third-order valence-corrected chi connectivity index (χ3v) is 3.03. The molecule has 4 heteroatoms. The molecule has 1 rings (SSSR count). The highest BCUT2D eigenvalue weighted by Gasteiger charge is 2.17. The third-order valence-electron chi connectivity index (χ3n) is 1.90. The Balaban J connectivity index is 2.84. The number of hydrogen-bond acceptors (Lipinski definition) is 4. The SMILES string of the molecule is COC(=O)/C(C#N)=C1\CCCSC1. The number of esters is 1. The van der Waals surface area contributed by atoms with Crippen LogP contribution >= 0.6 is 11.8 Å². The zero-order valence-corrected chi connectivity index (χ0v) is 8.32. The maximum absolute atomic E-state index is 11.1. The molecule has 0 atom stereocenters. The molecule has 13 heavy (non-hydrogen) atoms. The lowest BCUT2D eigenvalue weighted by Crippen LogP contribution is -2.10. The molecule has 1 saturated heterocycles. The van der Waals surface area contributed by atoms with E-state index in [9.17, 15) is 4.79 Å². The van der Waals surface area contributed by atoms with Gasteiger partial charge in [0.15, 0.2) is 0 Å². The van der Waals surface area contributed by atoms with Crippen LogP contribution in [0.5, 0.6) is 0 Å². The van der Waals surface area contributed by atoms with Gasteiger partial charge in [0.2, 0.25) is 0 Å². The van der Waals surface area contributed by atoms with E-state index in [1.165, 1.54) is 7.11 Å². The van der Waals surface area contributed by atoms with E-state index in [0.717, 1.165) is 29.9 Å².